The Morgan fingerprint density at radius 3 is 2.88 bits per heavy atom. The summed E-state index contributed by atoms with van der Waals surface area (Å²) in [6.45, 7) is 2.07. The molecule has 0 aliphatic carbocycles. The fourth-order valence-corrected chi connectivity index (χ4v) is 4.30. The third kappa shape index (κ3) is 3.93. The first kappa shape index (κ1) is 20.7. The second-order valence-corrected chi connectivity index (χ2v) is 8.15. The standard InChI is InChI=1S/C24H21N3O6/c1-13-9-22(29)33-20-11-15(5-6-16(13)20)32-12-21(28)25-14-4-7-18-17(10-14)24(31)27-8-2-3-19(27)23(30)26-18/h4-7,9-11,19H,2-3,8,12H2,1H3,(H,25,28)(H,26,30)/t19-/m1/s1. The number of nitrogens with zero attached hydrogens (tertiary/aromatic N) is 1. The summed E-state index contributed by atoms with van der Waals surface area (Å²) in [6.07, 6.45) is 1.43. The molecule has 0 unspecified atom stereocenters. The Bertz CT molecular complexity index is 1360. The lowest BCUT2D eigenvalue weighted by atomic mass is 10.1. The maximum Gasteiger partial charge on any atom is 0.336 e. The maximum atomic E-state index is 12.9. The van der Waals surface area contributed by atoms with Gasteiger partial charge in [-0.05, 0) is 55.7 Å². The topological polar surface area (TPSA) is 118 Å². The highest BCUT2D eigenvalue weighted by Gasteiger charge is 2.38. The van der Waals surface area contributed by atoms with E-state index in [1.165, 1.54) is 6.07 Å². The molecule has 3 amide bonds. The maximum absolute atomic E-state index is 12.9. The molecule has 9 nitrogen and oxygen atoms in total. The number of ether oxygens (including phenoxy) is 1. The average molecular weight is 447 g/mol. The molecule has 5 rings (SSSR count). The molecule has 3 aromatic rings. The van der Waals surface area contributed by atoms with Crippen molar-refractivity contribution in [3.05, 3.63) is 64.0 Å². The van der Waals surface area contributed by atoms with E-state index in [-0.39, 0.29) is 18.4 Å². The lowest BCUT2D eigenvalue weighted by molar-refractivity contribution is -0.119. The SMILES string of the molecule is Cc1cc(=O)oc2cc(OCC(=O)Nc3ccc4c(c3)C(=O)N3CCC[C@@H]3C(=O)N4)ccc12. The largest absolute Gasteiger partial charge is 0.484 e. The highest BCUT2D eigenvalue weighted by Crippen LogP contribution is 2.30. The smallest absolute Gasteiger partial charge is 0.336 e. The molecule has 0 radical (unpaired) electrons. The van der Waals surface area contributed by atoms with Crippen molar-refractivity contribution in [2.45, 2.75) is 25.8 Å². The molecule has 1 atom stereocenters. The molecule has 2 aliphatic rings. The van der Waals surface area contributed by atoms with Gasteiger partial charge in [0.2, 0.25) is 5.91 Å². The molecule has 9 heteroatoms. The third-order valence-electron chi connectivity index (χ3n) is 5.90. The van der Waals surface area contributed by atoms with E-state index in [9.17, 15) is 19.2 Å². The molecule has 2 aliphatic heterocycles. The zero-order valence-electron chi connectivity index (χ0n) is 17.8. The first-order chi connectivity index (χ1) is 15.9. The van der Waals surface area contributed by atoms with Crippen LogP contribution in [0.3, 0.4) is 0 Å². The van der Waals surface area contributed by atoms with Gasteiger partial charge in [-0.15, -0.1) is 0 Å². The first-order valence-corrected chi connectivity index (χ1v) is 10.6. The van der Waals surface area contributed by atoms with Crippen LogP contribution in [-0.2, 0) is 9.59 Å². The van der Waals surface area contributed by atoms with Crippen molar-refractivity contribution in [2.75, 3.05) is 23.8 Å². The highest BCUT2D eigenvalue weighted by molar-refractivity contribution is 6.11. The Hall–Kier alpha value is -4.14. The van der Waals surface area contributed by atoms with Crippen molar-refractivity contribution in [3.8, 4) is 5.75 Å². The lowest BCUT2D eigenvalue weighted by Crippen LogP contribution is -2.40. The van der Waals surface area contributed by atoms with Crippen LogP contribution in [0.1, 0.15) is 28.8 Å². The summed E-state index contributed by atoms with van der Waals surface area (Å²) in [4.78, 5) is 50.9. The van der Waals surface area contributed by atoms with Gasteiger partial charge in [-0.1, -0.05) is 0 Å². The van der Waals surface area contributed by atoms with Gasteiger partial charge in [0.15, 0.2) is 6.61 Å². The molecule has 1 fully saturated rings. The molecule has 1 aromatic heterocycles. The molecule has 0 bridgehead atoms. The van der Waals surface area contributed by atoms with Crippen LogP contribution in [0.15, 0.2) is 51.7 Å². The van der Waals surface area contributed by atoms with E-state index in [4.69, 9.17) is 9.15 Å². The van der Waals surface area contributed by atoms with Crippen molar-refractivity contribution in [3.63, 3.8) is 0 Å². The van der Waals surface area contributed by atoms with Gasteiger partial charge in [-0.3, -0.25) is 14.4 Å². The predicted molar refractivity (Wildman–Crippen MR) is 120 cm³/mol. The number of amides is 3. The van der Waals surface area contributed by atoms with Crippen LogP contribution in [0.25, 0.3) is 11.0 Å². The van der Waals surface area contributed by atoms with Gasteiger partial charge in [0.05, 0.1) is 11.3 Å². The Morgan fingerprint density at radius 2 is 2.03 bits per heavy atom. The number of hydrogen-bond donors (Lipinski definition) is 2. The fraction of sp³-hybridized carbons (Fsp3) is 0.250. The Kier molecular flexibility index (Phi) is 5.08. The number of fused-ring (bicyclic) bond motifs is 3. The van der Waals surface area contributed by atoms with Crippen LogP contribution in [0.4, 0.5) is 11.4 Å². The van der Waals surface area contributed by atoms with Gasteiger partial charge in [0, 0.05) is 29.8 Å². The van der Waals surface area contributed by atoms with Crippen LogP contribution in [0, 0.1) is 6.92 Å². The lowest BCUT2D eigenvalue weighted by Gasteiger charge is -2.20. The Balaban J connectivity index is 1.29. The summed E-state index contributed by atoms with van der Waals surface area (Å²) in [6, 6.07) is 10.8. The summed E-state index contributed by atoms with van der Waals surface area (Å²) in [5.74, 6) is -0.464. The molecular weight excluding hydrogens is 426 g/mol. The van der Waals surface area contributed by atoms with E-state index in [1.54, 1.807) is 41.3 Å². The number of benzene rings is 2. The Morgan fingerprint density at radius 1 is 1.18 bits per heavy atom. The van der Waals surface area contributed by atoms with Crippen LogP contribution in [-0.4, -0.2) is 41.8 Å². The van der Waals surface area contributed by atoms with E-state index in [0.29, 0.717) is 41.2 Å². The van der Waals surface area contributed by atoms with Crippen molar-refractivity contribution < 1.29 is 23.5 Å². The van der Waals surface area contributed by atoms with Gasteiger partial charge in [-0.25, -0.2) is 4.79 Å². The number of anilines is 2. The number of carbonyl (C=O) groups is 3. The molecule has 2 N–H and O–H groups in total. The van der Waals surface area contributed by atoms with Gasteiger partial charge < -0.3 is 24.7 Å². The quantitative estimate of drug-likeness (QED) is 0.594. The zero-order chi connectivity index (χ0) is 23.1. The number of hydrogen-bond acceptors (Lipinski definition) is 6. The second-order valence-electron chi connectivity index (χ2n) is 8.15. The molecule has 0 spiro atoms. The van der Waals surface area contributed by atoms with Gasteiger partial charge in [0.25, 0.3) is 11.8 Å². The summed E-state index contributed by atoms with van der Waals surface area (Å²) in [5.41, 5.74) is 1.91. The summed E-state index contributed by atoms with van der Waals surface area (Å²) in [7, 11) is 0. The van der Waals surface area contributed by atoms with E-state index >= 15 is 0 Å². The van der Waals surface area contributed by atoms with Gasteiger partial charge >= 0.3 is 5.63 Å². The molecule has 33 heavy (non-hydrogen) atoms. The predicted octanol–water partition coefficient (Wildman–Crippen LogP) is 2.68. The monoisotopic (exact) mass is 447 g/mol. The zero-order valence-corrected chi connectivity index (χ0v) is 17.8. The number of nitrogens with one attached hydrogen (secondary N) is 2. The minimum absolute atomic E-state index is 0.189. The third-order valence-corrected chi connectivity index (χ3v) is 5.90. The van der Waals surface area contributed by atoms with Crippen LogP contribution in [0.2, 0.25) is 0 Å². The summed E-state index contributed by atoms with van der Waals surface area (Å²) < 4.78 is 10.7. The van der Waals surface area contributed by atoms with Crippen molar-refractivity contribution in [2.24, 2.45) is 0 Å². The van der Waals surface area contributed by atoms with Crippen LogP contribution < -0.4 is 21.0 Å². The van der Waals surface area contributed by atoms with Crippen molar-refractivity contribution in [1.29, 1.82) is 0 Å². The fourth-order valence-electron chi connectivity index (χ4n) is 4.30. The normalized spacial score (nSPS) is 17.2. The van der Waals surface area contributed by atoms with E-state index in [1.807, 2.05) is 6.92 Å². The molecular formula is C24H21N3O6. The summed E-state index contributed by atoms with van der Waals surface area (Å²) in [5, 5.41) is 6.30. The minimum atomic E-state index is -0.455. The number of rotatable bonds is 4. The van der Waals surface area contributed by atoms with E-state index in [2.05, 4.69) is 10.6 Å². The number of carbonyl (C=O) groups excluding carboxylic acids is 3. The van der Waals surface area contributed by atoms with Gasteiger partial charge in [0.1, 0.15) is 17.4 Å². The molecule has 1 saturated heterocycles. The first-order valence-electron chi connectivity index (χ1n) is 10.6. The summed E-state index contributed by atoms with van der Waals surface area (Å²) >= 11 is 0. The minimum Gasteiger partial charge on any atom is -0.484 e. The average Bonchev–Trinajstić information content (AvgIpc) is 3.25. The Labute approximate surface area is 188 Å². The highest BCUT2D eigenvalue weighted by atomic mass is 16.5. The van der Waals surface area contributed by atoms with Crippen LogP contribution >= 0.6 is 0 Å². The van der Waals surface area contributed by atoms with E-state index in [0.717, 1.165) is 17.4 Å². The number of aryl methyl sites for hydroxylation is 1. The molecule has 2 aromatic carbocycles. The molecule has 0 saturated carbocycles. The van der Waals surface area contributed by atoms with Crippen LogP contribution in [0.5, 0.6) is 5.75 Å². The van der Waals surface area contributed by atoms with Crippen molar-refractivity contribution >= 4 is 40.1 Å². The van der Waals surface area contributed by atoms with E-state index < -0.39 is 17.6 Å². The molecule has 3 heterocycles. The van der Waals surface area contributed by atoms with Gasteiger partial charge in [-0.2, -0.15) is 0 Å². The molecule has 168 valence electrons. The van der Waals surface area contributed by atoms with Crippen molar-refractivity contribution in [1.82, 2.24) is 4.90 Å². The second kappa shape index (κ2) is 8.09.